The maximum Gasteiger partial charge on any atom is 0.333 e. The standard InChI is InChI=1S/C19H16N2O4S2/c1-12(20-17(22)15-4-2-10-26-15)19(24)25-14-8-6-13(7-9-14)21-18(23)16-5-3-11-27-16/h2-12H,1H3,(H,20,22)(H,21,23). The minimum Gasteiger partial charge on any atom is -0.425 e. The lowest BCUT2D eigenvalue weighted by Crippen LogP contribution is -2.40. The Labute approximate surface area is 163 Å². The summed E-state index contributed by atoms with van der Waals surface area (Å²) >= 11 is 2.65. The molecule has 0 radical (unpaired) electrons. The van der Waals surface area contributed by atoms with Crippen molar-refractivity contribution in [1.82, 2.24) is 5.32 Å². The summed E-state index contributed by atoms with van der Waals surface area (Å²) in [5, 5.41) is 8.98. The molecule has 2 N–H and O–H groups in total. The summed E-state index contributed by atoms with van der Waals surface area (Å²) in [6.07, 6.45) is 0. The van der Waals surface area contributed by atoms with Crippen LogP contribution in [0.15, 0.2) is 59.3 Å². The van der Waals surface area contributed by atoms with Gasteiger partial charge in [-0.05, 0) is 54.1 Å². The first-order chi connectivity index (χ1) is 13.0. The van der Waals surface area contributed by atoms with E-state index in [2.05, 4.69) is 10.6 Å². The van der Waals surface area contributed by atoms with Crippen molar-refractivity contribution in [1.29, 1.82) is 0 Å². The number of nitrogens with one attached hydrogen (secondary N) is 2. The van der Waals surface area contributed by atoms with Gasteiger partial charge in [-0.15, -0.1) is 22.7 Å². The van der Waals surface area contributed by atoms with E-state index in [1.165, 1.54) is 22.7 Å². The van der Waals surface area contributed by atoms with Crippen molar-refractivity contribution in [3.63, 3.8) is 0 Å². The molecule has 8 heteroatoms. The van der Waals surface area contributed by atoms with E-state index in [0.717, 1.165) is 0 Å². The highest BCUT2D eigenvalue weighted by atomic mass is 32.1. The molecule has 138 valence electrons. The quantitative estimate of drug-likeness (QED) is 0.487. The van der Waals surface area contributed by atoms with Crippen molar-refractivity contribution < 1.29 is 19.1 Å². The fraction of sp³-hybridized carbons (Fsp3) is 0.105. The molecule has 1 unspecified atom stereocenters. The topological polar surface area (TPSA) is 84.5 Å². The molecule has 0 saturated carbocycles. The third kappa shape index (κ3) is 5.02. The molecule has 27 heavy (non-hydrogen) atoms. The summed E-state index contributed by atoms with van der Waals surface area (Å²) in [4.78, 5) is 37.2. The van der Waals surface area contributed by atoms with Crippen LogP contribution in [0.1, 0.15) is 26.3 Å². The molecular weight excluding hydrogens is 384 g/mol. The van der Waals surface area contributed by atoms with E-state index in [9.17, 15) is 14.4 Å². The molecule has 0 fully saturated rings. The second kappa shape index (κ2) is 8.61. The molecule has 0 aliphatic heterocycles. The molecule has 3 aromatic rings. The Morgan fingerprint density at radius 1 is 0.889 bits per heavy atom. The van der Waals surface area contributed by atoms with Gasteiger partial charge in [0.05, 0.1) is 9.75 Å². The molecule has 2 aromatic heterocycles. The van der Waals surface area contributed by atoms with Crippen LogP contribution in [-0.4, -0.2) is 23.8 Å². The van der Waals surface area contributed by atoms with Gasteiger partial charge in [-0.25, -0.2) is 4.79 Å². The number of esters is 1. The van der Waals surface area contributed by atoms with Gasteiger partial charge in [0, 0.05) is 5.69 Å². The molecule has 0 aliphatic rings. The summed E-state index contributed by atoms with van der Waals surface area (Å²) < 4.78 is 5.27. The number of carbonyl (C=O) groups excluding carboxylic acids is 3. The van der Waals surface area contributed by atoms with E-state index in [-0.39, 0.29) is 11.8 Å². The SMILES string of the molecule is CC(NC(=O)c1cccs1)C(=O)Oc1ccc(NC(=O)c2cccs2)cc1. The Morgan fingerprint density at radius 2 is 1.48 bits per heavy atom. The van der Waals surface area contributed by atoms with Crippen LogP contribution in [0.4, 0.5) is 5.69 Å². The Bertz CT molecular complexity index is 919. The van der Waals surface area contributed by atoms with E-state index >= 15 is 0 Å². The number of hydrogen-bond acceptors (Lipinski definition) is 6. The van der Waals surface area contributed by atoms with E-state index in [1.54, 1.807) is 60.8 Å². The van der Waals surface area contributed by atoms with E-state index in [0.29, 0.717) is 21.2 Å². The van der Waals surface area contributed by atoms with E-state index < -0.39 is 12.0 Å². The number of hydrogen-bond donors (Lipinski definition) is 2. The fourth-order valence-corrected chi connectivity index (χ4v) is 3.39. The van der Waals surface area contributed by atoms with Gasteiger partial charge in [-0.1, -0.05) is 12.1 Å². The molecule has 2 amide bonds. The van der Waals surface area contributed by atoms with Gasteiger partial charge < -0.3 is 15.4 Å². The van der Waals surface area contributed by atoms with Crippen LogP contribution in [0.25, 0.3) is 0 Å². The van der Waals surface area contributed by atoms with Crippen LogP contribution in [0.5, 0.6) is 5.75 Å². The van der Waals surface area contributed by atoms with Crippen molar-refractivity contribution in [2.24, 2.45) is 0 Å². The van der Waals surface area contributed by atoms with Crippen LogP contribution in [0.3, 0.4) is 0 Å². The van der Waals surface area contributed by atoms with Crippen LogP contribution in [-0.2, 0) is 4.79 Å². The molecule has 1 atom stereocenters. The number of carbonyl (C=O) groups is 3. The third-order valence-corrected chi connectivity index (χ3v) is 5.26. The molecule has 2 heterocycles. The van der Waals surface area contributed by atoms with Gasteiger partial charge in [-0.3, -0.25) is 9.59 Å². The number of ether oxygens (including phenoxy) is 1. The molecule has 0 aliphatic carbocycles. The minimum atomic E-state index is -0.794. The van der Waals surface area contributed by atoms with Gasteiger partial charge in [0.15, 0.2) is 0 Å². The van der Waals surface area contributed by atoms with Crippen LogP contribution < -0.4 is 15.4 Å². The summed E-state index contributed by atoms with van der Waals surface area (Å²) in [6, 6.07) is 12.6. The highest BCUT2D eigenvalue weighted by Crippen LogP contribution is 2.18. The summed E-state index contributed by atoms with van der Waals surface area (Å²) in [6.45, 7) is 1.56. The number of benzene rings is 1. The van der Waals surface area contributed by atoms with Crippen molar-refractivity contribution in [3.05, 3.63) is 69.0 Å². The first-order valence-electron chi connectivity index (χ1n) is 8.04. The van der Waals surface area contributed by atoms with Crippen molar-refractivity contribution in [2.75, 3.05) is 5.32 Å². The van der Waals surface area contributed by atoms with Crippen molar-refractivity contribution >= 4 is 46.1 Å². The Kier molecular flexibility index (Phi) is 6.00. The highest BCUT2D eigenvalue weighted by Gasteiger charge is 2.19. The Morgan fingerprint density at radius 3 is 2.04 bits per heavy atom. The van der Waals surface area contributed by atoms with Gasteiger partial charge in [-0.2, -0.15) is 0 Å². The maximum absolute atomic E-state index is 12.1. The van der Waals surface area contributed by atoms with E-state index in [4.69, 9.17) is 4.74 Å². The maximum atomic E-state index is 12.1. The lowest BCUT2D eigenvalue weighted by atomic mass is 10.3. The number of thiophene rings is 2. The second-order valence-electron chi connectivity index (χ2n) is 5.55. The fourth-order valence-electron chi connectivity index (χ4n) is 2.15. The summed E-state index contributed by atoms with van der Waals surface area (Å²) in [7, 11) is 0. The normalized spacial score (nSPS) is 11.4. The van der Waals surface area contributed by atoms with Crippen molar-refractivity contribution in [3.8, 4) is 5.75 Å². The van der Waals surface area contributed by atoms with E-state index in [1.807, 2.05) is 5.38 Å². The molecule has 0 spiro atoms. The average Bonchev–Trinajstić information content (AvgIpc) is 3.37. The molecule has 0 bridgehead atoms. The average molecular weight is 400 g/mol. The first-order valence-corrected chi connectivity index (χ1v) is 9.80. The number of amides is 2. The molecular formula is C19H16N2O4S2. The zero-order valence-electron chi connectivity index (χ0n) is 14.3. The zero-order chi connectivity index (χ0) is 19.2. The largest absolute Gasteiger partial charge is 0.425 e. The van der Waals surface area contributed by atoms with Gasteiger partial charge in [0.25, 0.3) is 11.8 Å². The summed E-state index contributed by atoms with van der Waals surface area (Å²) in [5.74, 6) is -0.762. The lowest BCUT2D eigenvalue weighted by Gasteiger charge is -2.13. The van der Waals surface area contributed by atoms with Crippen LogP contribution in [0.2, 0.25) is 0 Å². The summed E-state index contributed by atoms with van der Waals surface area (Å²) in [5.41, 5.74) is 0.590. The molecule has 6 nitrogen and oxygen atoms in total. The molecule has 3 rings (SSSR count). The number of anilines is 1. The lowest BCUT2D eigenvalue weighted by molar-refractivity contribution is -0.136. The highest BCUT2D eigenvalue weighted by molar-refractivity contribution is 7.12. The monoisotopic (exact) mass is 400 g/mol. The Balaban J connectivity index is 1.53. The second-order valence-corrected chi connectivity index (χ2v) is 7.44. The predicted molar refractivity (Wildman–Crippen MR) is 106 cm³/mol. The zero-order valence-corrected chi connectivity index (χ0v) is 15.9. The number of rotatable bonds is 6. The minimum absolute atomic E-state index is 0.195. The third-order valence-electron chi connectivity index (χ3n) is 3.52. The van der Waals surface area contributed by atoms with Gasteiger partial charge in [0.2, 0.25) is 0 Å². The smallest absolute Gasteiger partial charge is 0.333 e. The predicted octanol–water partition coefficient (Wildman–Crippen LogP) is 3.79. The molecule has 1 aromatic carbocycles. The van der Waals surface area contributed by atoms with Crippen LogP contribution >= 0.6 is 22.7 Å². The van der Waals surface area contributed by atoms with Gasteiger partial charge in [0.1, 0.15) is 11.8 Å². The molecule has 0 saturated heterocycles. The van der Waals surface area contributed by atoms with Crippen LogP contribution in [0, 0.1) is 0 Å². The van der Waals surface area contributed by atoms with Gasteiger partial charge >= 0.3 is 5.97 Å². The Hall–Kier alpha value is -2.97. The first kappa shape index (κ1) is 18.8. The van der Waals surface area contributed by atoms with Crippen molar-refractivity contribution in [2.45, 2.75) is 13.0 Å².